The summed E-state index contributed by atoms with van der Waals surface area (Å²) in [6.07, 6.45) is 58.3. The lowest BCUT2D eigenvalue weighted by molar-refractivity contribution is -0.161. The van der Waals surface area contributed by atoms with Crippen LogP contribution in [0.15, 0.2) is 36.5 Å². The average Bonchev–Trinajstić information content (AvgIpc) is 3.32. The first kappa shape index (κ1) is 65.2. The fraction of sp³-hybridized carbons (Fsp3) is 0.857. The highest BCUT2D eigenvalue weighted by molar-refractivity contribution is 7.47. The van der Waals surface area contributed by atoms with Gasteiger partial charge in [0.25, 0.3) is 0 Å². The number of ether oxygens (including phenoxy) is 2. The van der Waals surface area contributed by atoms with Gasteiger partial charge in [0.2, 0.25) is 0 Å². The minimum Gasteiger partial charge on any atom is -0.462 e. The Labute approximate surface area is 411 Å². The Bertz CT molecular complexity index is 1210. The van der Waals surface area contributed by atoms with Crippen molar-refractivity contribution in [2.24, 2.45) is 0 Å². The molecule has 0 amide bonds. The maximum Gasteiger partial charge on any atom is 0.472 e. The number of aliphatic hydroxyl groups excluding tert-OH is 2. The number of hydrogen-bond donors (Lipinski definition) is 3. The molecule has 0 aliphatic carbocycles. The summed E-state index contributed by atoms with van der Waals surface area (Å²) in [4.78, 5) is 35.3. The van der Waals surface area contributed by atoms with Crippen molar-refractivity contribution in [3.63, 3.8) is 0 Å². The van der Waals surface area contributed by atoms with Crippen molar-refractivity contribution in [2.75, 3.05) is 26.4 Å². The number of allylic oxidation sites excluding steroid dienone is 6. The van der Waals surface area contributed by atoms with Gasteiger partial charge in [-0.1, -0.05) is 224 Å². The zero-order valence-corrected chi connectivity index (χ0v) is 44.3. The van der Waals surface area contributed by atoms with Crippen LogP contribution in [0.4, 0.5) is 0 Å². The second kappa shape index (κ2) is 52.0. The van der Waals surface area contributed by atoms with Crippen LogP contribution in [0, 0.1) is 0 Å². The van der Waals surface area contributed by atoms with Crippen LogP contribution < -0.4 is 0 Å². The SMILES string of the molecule is CCCCCCC/C=C\C/C=C\CCCCCCCCCCCC(=O)OC(COC(=O)CCCCCCCCCCCCC/C=C\CCCCCCCCCC)COP(=O)(O)OCC(O)CO. The second-order valence-corrected chi connectivity index (χ2v) is 20.4. The number of aliphatic hydroxyl groups is 2. The molecular weight excluding hydrogens is 864 g/mol. The Morgan fingerprint density at radius 3 is 1.16 bits per heavy atom. The molecule has 0 spiro atoms. The molecule has 394 valence electrons. The van der Waals surface area contributed by atoms with E-state index in [0.717, 1.165) is 51.4 Å². The number of phosphoric acid groups is 1. The number of carbonyl (C=O) groups excluding carboxylic acids is 2. The lowest BCUT2D eigenvalue weighted by Gasteiger charge is -2.20. The van der Waals surface area contributed by atoms with Crippen molar-refractivity contribution in [3.05, 3.63) is 36.5 Å². The van der Waals surface area contributed by atoms with E-state index in [9.17, 15) is 24.2 Å². The third-order valence-corrected chi connectivity index (χ3v) is 13.2. The Morgan fingerprint density at radius 1 is 0.448 bits per heavy atom. The number of rotatable bonds is 53. The molecule has 0 aliphatic heterocycles. The topological polar surface area (TPSA) is 149 Å². The Balaban J connectivity index is 4.12. The van der Waals surface area contributed by atoms with Crippen molar-refractivity contribution < 1.29 is 47.8 Å². The molecule has 0 bridgehead atoms. The molecule has 0 fully saturated rings. The first-order chi connectivity index (χ1) is 32.7. The Hall–Kier alpha value is -1.81. The Morgan fingerprint density at radius 2 is 0.776 bits per heavy atom. The van der Waals surface area contributed by atoms with Crippen LogP contribution in [0.3, 0.4) is 0 Å². The van der Waals surface area contributed by atoms with Gasteiger partial charge >= 0.3 is 19.8 Å². The molecule has 3 N–H and O–H groups in total. The molecule has 0 radical (unpaired) electrons. The van der Waals surface area contributed by atoms with Gasteiger partial charge in [-0.25, -0.2) is 4.57 Å². The Kier molecular flexibility index (Phi) is 50.6. The predicted octanol–water partition coefficient (Wildman–Crippen LogP) is 16.2. The molecule has 0 aromatic heterocycles. The van der Waals surface area contributed by atoms with E-state index in [1.165, 1.54) is 180 Å². The molecule has 0 aliphatic rings. The second-order valence-electron chi connectivity index (χ2n) is 19.0. The highest BCUT2D eigenvalue weighted by Gasteiger charge is 2.27. The van der Waals surface area contributed by atoms with Gasteiger partial charge in [0, 0.05) is 12.8 Å². The summed E-state index contributed by atoms with van der Waals surface area (Å²) in [6, 6.07) is 0. The van der Waals surface area contributed by atoms with Crippen LogP contribution in [-0.2, 0) is 32.7 Å². The van der Waals surface area contributed by atoms with E-state index < -0.39 is 51.8 Å². The highest BCUT2D eigenvalue weighted by Crippen LogP contribution is 2.43. The smallest absolute Gasteiger partial charge is 0.462 e. The molecule has 0 saturated heterocycles. The summed E-state index contributed by atoms with van der Waals surface area (Å²) in [5, 5.41) is 18.4. The van der Waals surface area contributed by atoms with Gasteiger partial charge in [-0.2, -0.15) is 0 Å². The summed E-state index contributed by atoms with van der Waals surface area (Å²) in [5.41, 5.74) is 0. The van der Waals surface area contributed by atoms with Gasteiger partial charge in [0.05, 0.1) is 19.8 Å². The van der Waals surface area contributed by atoms with Crippen molar-refractivity contribution in [1.29, 1.82) is 0 Å². The third-order valence-electron chi connectivity index (χ3n) is 12.3. The van der Waals surface area contributed by atoms with Gasteiger partial charge < -0.3 is 24.6 Å². The zero-order chi connectivity index (χ0) is 49.0. The van der Waals surface area contributed by atoms with E-state index in [-0.39, 0.29) is 19.4 Å². The minimum absolute atomic E-state index is 0.181. The molecule has 0 heterocycles. The monoisotopic (exact) mass is 969 g/mol. The molecule has 3 atom stereocenters. The molecule has 11 heteroatoms. The quantitative estimate of drug-likeness (QED) is 0.0233. The molecule has 0 aromatic carbocycles. The minimum atomic E-state index is -4.63. The fourth-order valence-electron chi connectivity index (χ4n) is 7.96. The fourth-order valence-corrected chi connectivity index (χ4v) is 8.75. The van der Waals surface area contributed by atoms with Crippen molar-refractivity contribution in [2.45, 2.75) is 283 Å². The van der Waals surface area contributed by atoms with E-state index in [4.69, 9.17) is 23.6 Å². The molecule has 3 unspecified atom stereocenters. The summed E-state index contributed by atoms with van der Waals surface area (Å²) < 4.78 is 32.9. The van der Waals surface area contributed by atoms with Crippen LogP contribution >= 0.6 is 7.82 Å². The van der Waals surface area contributed by atoms with Gasteiger partial charge in [-0.15, -0.1) is 0 Å². The number of phosphoric ester groups is 1. The van der Waals surface area contributed by atoms with E-state index in [1.54, 1.807) is 0 Å². The van der Waals surface area contributed by atoms with Crippen molar-refractivity contribution in [3.8, 4) is 0 Å². The van der Waals surface area contributed by atoms with Crippen molar-refractivity contribution in [1.82, 2.24) is 0 Å². The van der Waals surface area contributed by atoms with Crippen LogP contribution in [0.5, 0.6) is 0 Å². The molecular formula is C56H105O10P. The van der Waals surface area contributed by atoms with Crippen LogP contribution in [0.2, 0.25) is 0 Å². The summed E-state index contributed by atoms with van der Waals surface area (Å²) in [7, 11) is -4.63. The molecule has 0 saturated carbocycles. The third kappa shape index (κ3) is 51.9. The summed E-state index contributed by atoms with van der Waals surface area (Å²) >= 11 is 0. The van der Waals surface area contributed by atoms with Gasteiger partial charge in [0.15, 0.2) is 6.10 Å². The van der Waals surface area contributed by atoms with Gasteiger partial charge in [-0.05, 0) is 70.6 Å². The summed E-state index contributed by atoms with van der Waals surface area (Å²) in [5.74, 6) is -0.919. The lowest BCUT2D eigenvalue weighted by atomic mass is 10.0. The van der Waals surface area contributed by atoms with Crippen LogP contribution in [0.1, 0.15) is 271 Å². The molecule has 0 aromatic rings. The first-order valence-electron chi connectivity index (χ1n) is 27.9. The van der Waals surface area contributed by atoms with Gasteiger partial charge in [0.1, 0.15) is 12.7 Å². The summed E-state index contributed by atoms with van der Waals surface area (Å²) in [6.45, 7) is 2.42. The molecule has 67 heavy (non-hydrogen) atoms. The van der Waals surface area contributed by atoms with E-state index >= 15 is 0 Å². The number of hydrogen-bond acceptors (Lipinski definition) is 9. The van der Waals surface area contributed by atoms with Gasteiger partial charge in [-0.3, -0.25) is 18.6 Å². The maximum absolute atomic E-state index is 12.7. The zero-order valence-electron chi connectivity index (χ0n) is 43.4. The number of esters is 2. The highest BCUT2D eigenvalue weighted by atomic mass is 31.2. The van der Waals surface area contributed by atoms with E-state index in [1.807, 2.05) is 0 Å². The average molecular weight is 969 g/mol. The van der Waals surface area contributed by atoms with Crippen molar-refractivity contribution >= 4 is 19.8 Å². The maximum atomic E-state index is 12.7. The molecule has 0 rings (SSSR count). The van der Waals surface area contributed by atoms with E-state index in [0.29, 0.717) is 12.8 Å². The predicted molar refractivity (Wildman–Crippen MR) is 279 cm³/mol. The number of unbranched alkanes of at least 4 members (excludes halogenated alkanes) is 33. The lowest BCUT2D eigenvalue weighted by Crippen LogP contribution is -2.29. The molecule has 10 nitrogen and oxygen atoms in total. The number of carbonyl (C=O) groups is 2. The van der Waals surface area contributed by atoms with Crippen LogP contribution in [0.25, 0.3) is 0 Å². The standard InChI is InChI=1S/C56H105O10P/c1-3-5-7-9-11-13-15-17-19-21-23-25-26-28-29-31-33-35-37-39-41-43-45-47-55(59)63-51-54(52-65-67(61,62)64-50-53(58)49-57)66-56(60)48-46-44-42-40-38-36-34-32-30-27-24-22-20-18-16-14-12-10-8-6-4-2/h16,18,21-24,53-54,57-58H,3-15,17,19-20,25-52H2,1-2H3,(H,61,62)/b18-16-,23-21-,24-22-. The van der Waals surface area contributed by atoms with E-state index in [2.05, 4.69) is 50.3 Å². The largest absolute Gasteiger partial charge is 0.472 e. The normalized spacial score (nSPS) is 13.8. The van der Waals surface area contributed by atoms with Crippen LogP contribution in [-0.4, -0.2) is 65.7 Å². The first-order valence-corrected chi connectivity index (χ1v) is 29.4.